The van der Waals surface area contributed by atoms with Crippen molar-refractivity contribution >= 4 is 0 Å². The van der Waals surface area contributed by atoms with Crippen molar-refractivity contribution in [3.63, 3.8) is 0 Å². The van der Waals surface area contributed by atoms with Gasteiger partial charge in [-0.15, -0.1) is 196 Å². The third kappa shape index (κ3) is 32.6. The van der Waals surface area contributed by atoms with E-state index in [0.29, 0.717) is 11.1 Å². The Morgan fingerprint density at radius 2 is 0.434 bits per heavy atom. The summed E-state index contributed by atoms with van der Waals surface area (Å²) in [5, 5.41) is 0. The summed E-state index contributed by atoms with van der Waals surface area (Å²) in [5.41, 5.74) is 31.7. The van der Waals surface area contributed by atoms with Crippen molar-refractivity contribution in [2.75, 3.05) is 0 Å². The van der Waals surface area contributed by atoms with E-state index in [9.17, 15) is 0 Å². The van der Waals surface area contributed by atoms with Crippen LogP contribution in [0.4, 0.5) is 0 Å². The van der Waals surface area contributed by atoms with Crippen LogP contribution in [0, 0.1) is 114 Å². The van der Waals surface area contributed by atoms with Gasteiger partial charge in [-0.05, 0) is 78.3 Å². The number of aryl methyl sites for hydroxylation is 6. The van der Waals surface area contributed by atoms with Crippen molar-refractivity contribution in [1.29, 1.82) is 0 Å². The number of hydrogen-bond donors (Lipinski definition) is 0. The second-order valence-electron chi connectivity index (χ2n) is 30.0. The molecule has 4 heterocycles. The molecular weight excluding hydrogens is 2380 g/mol. The SMILES string of the molecule is Cc1ccc(-c2cc(-c3[c-]ccc(-c4ccccc4)c3)ncn2)cc1.Cc1ccc(-c2cc(-c3[c-]cccc3)ncn2)cc1.Cc1ccc(-c2cc(-c3[c-]cccc3)ncn2)cc1.Cc1ccc(-c2cc[c-]c(-c3[c-]cccc3)c2)cc1.[2H]C([2H])([2H])c1c[c-]c(-c2[c-]cc(C([2H])([2H])[2H])cc2)cc1.[Pt].[Pt].[Pt].[Pt].[c-]1ccccc1-c1[c-]cccc1.[c-]1ccccc1-c1[c-]cccc1.[c-]1ccccc1-c1ccncn1. The van der Waals surface area contributed by atoms with E-state index in [2.05, 4.69) is 280 Å². The van der Waals surface area contributed by atoms with Gasteiger partial charge in [0.25, 0.3) is 0 Å². The van der Waals surface area contributed by atoms with E-state index in [1.54, 1.807) is 37.3 Å². The van der Waals surface area contributed by atoms with Crippen LogP contribution in [-0.2, 0) is 84.3 Å². The second-order valence-corrected chi connectivity index (χ2v) is 30.0. The summed E-state index contributed by atoms with van der Waals surface area (Å²) >= 11 is 0. The molecule has 0 aliphatic rings. The van der Waals surface area contributed by atoms with E-state index in [1.807, 2.05) is 243 Å². The van der Waals surface area contributed by atoms with E-state index >= 15 is 0 Å². The van der Waals surface area contributed by atoms with Crippen LogP contribution in [0.3, 0.4) is 0 Å². The van der Waals surface area contributed by atoms with Crippen LogP contribution in [0.15, 0.2) is 450 Å². The molecule has 0 N–H and O–H groups in total. The van der Waals surface area contributed by atoms with Crippen molar-refractivity contribution in [3.05, 3.63) is 556 Å². The Morgan fingerprint density at radius 1 is 0.176 bits per heavy atom. The van der Waals surface area contributed by atoms with Gasteiger partial charge < -0.3 is 0 Å². The first-order valence-corrected chi connectivity index (χ1v) is 42.8. The molecule has 4 aromatic heterocycles. The summed E-state index contributed by atoms with van der Waals surface area (Å²) in [6.07, 6.45) is 8.09. The van der Waals surface area contributed by atoms with Gasteiger partial charge in [-0.2, -0.15) is 188 Å². The van der Waals surface area contributed by atoms with Crippen LogP contribution in [0.1, 0.15) is 41.6 Å². The predicted octanol–water partition coefficient (Wildman–Crippen LogP) is 29.8. The summed E-state index contributed by atoms with van der Waals surface area (Å²) in [5.74, 6) is 0. The number of nitrogens with zero attached hydrogens (tertiary/aromatic N) is 8. The molecule has 0 radical (unpaired) electrons. The summed E-state index contributed by atoms with van der Waals surface area (Å²) in [6.45, 7) is 4.04. The molecular formula is C124H92N8Pt4-12. The van der Waals surface area contributed by atoms with Crippen LogP contribution >= 0.6 is 0 Å². The molecule has 0 saturated heterocycles. The third-order valence-corrected chi connectivity index (χ3v) is 20.3. The minimum absolute atomic E-state index is 0. The van der Waals surface area contributed by atoms with Crippen LogP contribution in [0.25, 0.3) is 146 Å². The number of hydrogen-bond acceptors (Lipinski definition) is 8. The molecule has 0 bridgehead atoms. The number of rotatable bonds is 13. The van der Waals surface area contributed by atoms with Crippen LogP contribution in [0.5, 0.6) is 0 Å². The van der Waals surface area contributed by atoms with Crippen LogP contribution in [-0.4, -0.2) is 39.9 Å². The van der Waals surface area contributed by atoms with Crippen molar-refractivity contribution in [3.8, 4) is 146 Å². The maximum absolute atomic E-state index is 7.29. The minimum atomic E-state index is -2.15. The molecule has 0 aliphatic heterocycles. The van der Waals surface area contributed by atoms with Crippen molar-refractivity contribution in [2.45, 2.75) is 41.4 Å². The molecule has 17 aromatic carbocycles. The fraction of sp³-hybridized carbons (Fsp3) is 0.0484. The van der Waals surface area contributed by atoms with Gasteiger partial charge in [0.2, 0.25) is 0 Å². The molecule has 8 nitrogen and oxygen atoms in total. The first kappa shape index (κ1) is 95.0. The van der Waals surface area contributed by atoms with Gasteiger partial charge in [0.1, 0.15) is 25.3 Å². The summed E-state index contributed by atoms with van der Waals surface area (Å²) in [6, 6.07) is 174. The van der Waals surface area contributed by atoms with Gasteiger partial charge >= 0.3 is 0 Å². The molecule has 21 rings (SSSR count). The van der Waals surface area contributed by atoms with E-state index < -0.39 is 13.7 Å². The quantitative estimate of drug-likeness (QED) is 0.105. The van der Waals surface area contributed by atoms with Crippen molar-refractivity contribution in [1.82, 2.24) is 39.9 Å². The molecule has 0 aliphatic carbocycles. The molecule has 136 heavy (non-hydrogen) atoms. The van der Waals surface area contributed by atoms with Crippen LogP contribution < -0.4 is 0 Å². The van der Waals surface area contributed by atoms with Crippen LogP contribution in [0.2, 0.25) is 0 Å². The summed E-state index contributed by atoms with van der Waals surface area (Å²) in [4.78, 5) is 34.1. The Hall–Kier alpha value is -14.2. The first-order valence-electron chi connectivity index (χ1n) is 45.8. The van der Waals surface area contributed by atoms with Gasteiger partial charge in [-0.1, -0.05) is 188 Å². The van der Waals surface area contributed by atoms with Gasteiger partial charge in [-0.25, -0.2) is 64.4 Å². The maximum atomic E-state index is 7.29. The molecule has 0 saturated carbocycles. The van der Waals surface area contributed by atoms with Gasteiger partial charge in [0.05, 0.1) is 17.1 Å². The predicted molar refractivity (Wildman–Crippen MR) is 539 cm³/mol. The van der Waals surface area contributed by atoms with Crippen molar-refractivity contribution < 1.29 is 92.5 Å². The fourth-order valence-electron chi connectivity index (χ4n) is 13.2. The van der Waals surface area contributed by atoms with Gasteiger partial charge in [0, 0.05) is 98.7 Å². The molecule has 0 spiro atoms. The van der Waals surface area contributed by atoms with Gasteiger partial charge in [0.15, 0.2) is 0 Å². The van der Waals surface area contributed by atoms with E-state index in [1.165, 1.54) is 69.5 Å². The number of benzene rings is 17. The Kier molecular flexibility index (Phi) is 39.2. The summed E-state index contributed by atoms with van der Waals surface area (Å²) < 4.78 is 43.7. The molecule has 0 amide bonds. The molecule has 12 heteroatoms. The average Bonchev–Trinajstić information content (AvgIpc) is 0.820. The Bertz CT molecular complexity index is 6580. The fourth-order valence-corrected chi connectivity index (χ4v) is 13.2. The molecule has 0 unspecified atom stereocenters. The zero-order valence-electron chi connectivity index (χ0n) is 80.6. The average molecular weight is 2480 g/mol. The van der Waals surface area contributed by atoms with Gasteiger partial charge in [-0.3, -0.25) is 19.9 Å². The molecule has 0 fully saturated rings. The van der Waals surface area contributed by atoms with E-state index in [-0.39, 0.29) is 95.4 Å². The smallest absolute Gasteiger partial charge is 0.106 e. The first-order chi connectivity index (χ1) is 67.3. The normalized spacial score (nSPS) is 10.7. The zero-order chi connectivity index (χ0) is 95.9. The Morgan fingerprint density at radius 3 is 0.743 bits per heavy atom. The second kappa shape index (κ2) is 56.1. The Balaban J connectivity index is 0.000000168. The largest absolute Gasteiger partial charge is 0.286 e. The molecule has 21 aromatic rings. The molecule has 680 valence electrons. The Labute approximate surface area is 868 Å². The standard InChI is InChI=1S/C23H17N2.C19H14.2C17H13N2.C14H12.2C12H8.C10H7N2.4Pt/c1-17-10-12-19(13-11-17)22-15-23(25-16-24-22)21-9-5-8-20(14-21)18-6-3-2-4-7-18;1-15-10-12-17(13-11-15)19-9-5-8-18(14-19)16-6-3-2-4-7-16;2*1-13-7-9-15(10-8-13)17-11-16(18-12-19-17)14-5-3-2-4-6-14;1-11-3-7-13(8-4-11)14-9-5-12(2)6-10-14;2*1-3-7-11(8-4-1)12-9-5-2-6-10-12;1-2-4-9(5-3-1)10-6-7-11-8-12-10;;;;/h2-8,10-16H,1H3;2-6,9-14H,1H3;2*2-5,7-12H,1H3;3-7,9H,1-2H3;2*1-7,9H;1-4,6-8H;;;;/q-1;-2;2*-1;3*-2;-1;;;;/i;;;;1D3,2D3;;;;;;;. The number of aromatic nitrogens is 8. The van der Waals surface area contributed by atoms with Crippen molar-refractivity contribution in [2.24, 2.45) is 0 Å². The maximum Gasteiger partial charge on any atom is 0.106 e. The molecule has 0 atom stereocenters. The topological polar surface area (TPSA) is 103 Å². The van der Waals surface area contributed by atoms with E-state index in [4.69, 9.17) is 8.22 Å². The summed E-state index contributed by atoms with van der Waals surface area (Å²) in [7, 11) is 0. The zero-order valence-corrected chi connectivity index (χ0v) is 83.7. The minimum Gasteiger partial charge on any atom is -0.286 e. The van der Waals surface area contributed by atoms with E-state index in [0.717, 1.165) is 118 Å². The monoisotopic (exact) mass is 2480 g/mol. The third-order valence-electron chi connectivity index (χ3n) is 20.3.